The van der Waals surface area contributed by atoms with Crippen LogP contribution in [0, 0.1) is 0 Å². The Bertz CT molecular complexity index is 470. The van der Waals surface area contributed by atoms with Gasteiger partial charge in [-0.3, -0.25) is 4.98 Å². The van der Waals surface area contributed by atoms with E-state index in [-0.39, 0.29) is 0 Å². The van der Waals surface area contributed by atoms with Crippen molar-refractivity contribution in [1.82, 2.24) is 4.98 Å². The van der Waals surface area contributed by atoms with E-state index in [2.05, 4.69) is 34.1 Å². The van der Waals surface area contributed by atoms with Crippen molar-refractivity contribution in [3.8, 4) is 11.3 Å². The monoisotopic (exact) mass is 224 g/mol. The number of anilines is 1. The maximum atomic E-state index is 4.36. The molecule has 2 heteroatoms. The highest BCUT2D eigenvalue weighted by Gasteiger charge is 2.11. The van der Waals surface area contributed by atoms with Crippen molar-refractivity contribution in [2.24, 2.45) is 0 Å². The Labute approximate surface area is 102 Å². The average molecular weight is 224 g/mol. The lowest BCUT2D eigenvalue weighted by atomic mass is 10.1. The summed E-state index contributed by atoms with van der Waals surface area (Å²) in [6, 6.07) is 14.8. The van der Waals surface area contributed by atoms with Gasteiger partial charge < -0.3 is 4.90 Å². The second kappa shape index (κ2) is 4.58. The molecule has 1 aliphatic heterocycles. The van der Waals surface area contributed by atoms with Gasteiger partial charge in [0.05, 0.1) is 5.69 Å². The van der Waals surface area contributed by atoms with Crippen LogP contribution in [0.1, 0.15) is 12.8 Å². The summed E-state index contributed by atoms with van der Waals surface area (Å²) in [6.45, 7) is 2.39. The highest BCUT2D eigenvalue weighted by atomic mass is 15.1. The Hall–Kier alpha value is -1.83. The van der Waals surface area contributed by atoms with E-state index in [4.69, 9.17) is 0 Å². The zero-order chi connectivity index (χ0) is 11.5. The summed E-state index contributed by atoms with van der Waals surface area (Å²) in [5, 5.41) is 0. The van der Waals surface area contributed by atoms with Crippen molar-refractivity contribution in [3.63, 3.8) is 0 Å². The fraction of sp³-hybridized carbons (Fsp3) is 0.267. The molecule has 0 aliphatic carbocycles. The van der Waals surface area contributed by atoms with Gasteiger partial charge in [0.2, 0.25) is 0 Å². The van der Waals surface area contributed by atoms with Crippen LogP contribution >= 0.6 is 0 Å². The van der Waals surface area contributed by atoms with Gasteiger partial charge in [0.25, 0.3) is 0 Å². The van der Waals surface area contributed by atoms with Crippen LogP contribution in [0.15, 0.2) is 48.7 Å². The fourth-order valence-corrected chi connectivity index (χ4v) is 2.35. The van der Waals surface area contributed by atoms with Gasteiger partial charge in [-0.05, 0) is 37.1 Å². The summed E-state index contributed by atoms with van der Waals surface area (Å²) in [5.74, 6) is 0. The topological polar surface area (TPSA) is 16.1 Å². The Kier molecular flexibility index (Phi) is 2.78. The van der Waals surface area contributed by atoms with Gasteiger partial charge in [0.15, 0.2) is 0 Å². The summed E-state index contributed by atoms with van der Waals surface area (Å²) >= 11 is 0. The van der Waals surface area contributed by atoms with Gasteiger partial charge >= 0.3 is 0 Å². The minimum Gasteiger partial charge on any atom is -0.372 e. The lowest BCUT2D eigenvalue weighted by Crippen LogP contribution is -2.17. The number of pyridine rings is 1. The smallest absolute Gasteiger partial charge is 0.0701 e. The molecule has 2 nitrogen and oxygen atoms in total. The number of hydrogen-bond acceptors (Lipinski definition) is 2. The molecular weight excluding hydrogens is 208 g/mol. The Balaban J connectivity index is 1.85. The Morgan fingerprint density at radius 1 is 0.882 bits per heavy atom. The largest absolute Gasteiger partial charge is 0.372 e. The van der Waals surface area contributed by atoms with Crippen LogP contribution in [0.3, 0.4) is 0 Å². The first-order valence-corrected chi connectivity index (χ1v) is 6.20. The number of benzene rings is 1. The van der Waals surface area contributed by atoms with E-state index in [1.54, 1.807) is 0 Å². The maximum absolute atomic E-state index is 4.36. The summed E-state index contributed by atoms with van der Waals surface area (Å²) in [6.07, 6.45) is 4.48. The average Bonchev–Trinajstić information content (AvgIpc) is 2.94. The molecule has 0 unspecified atom stereocenters. The predicted molar refractivity (Wildman–Crippen MR) is 71.1 cm³/mol. The third kappa shape index (κ3) is 2.16. The van der Waals surface area contributed by atoms with E-state index in [9.17, 15) is 0 Å². The summed E-state index contributed by atoms with van der Waals surface area (Å²) in [5.41, 5.74) is 3.57. The van der Waals surface area contributed by atoms with Crippen molar-refractivity contribution in [2.75, 3.05) is 18.0 Å². The zero-order valence-electron chi connectivity index (χ0n) is 9.84. The number of rotatable bonds is 2. The van der Waals surface area contributed by atoms with Gasteiger partial charge in [-0.25, -0.2) is 0 Å². The van der Waals surface area contributed by atoms with Crippen molar-refractivity contribution >= 4 is 5.69 Å². The van der Waals surface area contributed by atoms with Gasteiger partial charge in [-0.1, -0.05) is 18.2 Å². The molecule has 1 aliphatic rings. The lowest BCUT2D eigenvalue weighted by Gasteiger charge is -2.17. The van der Waals surface area contributed by atoms with Crippen molar-refractivity contribution in [3.05, 3.63) is 48.7 Å². The third-order valence-corrected chi connectivity index (χ3v) is 3.30. The maximum Gasteiger partial charge on any atom is 0.0701 e. The first kappa shape index (κ1) is 10.3. The predicted octanol–water partition coefficient (Wildman–Crippen LogP) is 3.35. The second-order valence-electron chi connectivity index (χ2n) is 4.46. The highest BCUT2D eigenvalue weighted by Crippen LogP contribution is 2.23. The number of hydrogen-bond donors (Lipinski definition) is 0. The van der Waals surface area contributed by atoms with Gasteiger partial charge in [0.1, 0.15) is 0 Å². The molecule has 2 aromatic rings. The van der Waals surface area contributed by atoms with Crippen LogP contribution in [-0.2, 0) is 0 Å². The molecule has 0 N–H and O–H groups in total. The van der Waals surface area contributed by atoms with E-state index in [0.717, 1.165) is 5.69 Å². The molecule has 2 heterocycles. The van der Waals surface area contributed by atoms with E-state index in [1.165, 1.54) is 37.2 Å². The van der Waals surface area contributed by atoms with Crippen LogP contribution in [0.4, 0.5) is 5.69 Å². The molecule has 17 heavy (non-hydrogen) atoms. The molecule has 0 amide bonds. The normalized spacial score (nSPS) is 15.2. The molecule has 3 rings (SSSR count). The summed E-state index contributed by atoms with van der Waals surface area (Å²) in [7, 11) is 0. The minimum absolute atomic E-state index is 1.04. The lowest BCUT2D eigenvalue weighted by molar-refractivity contribution is 0.949. The molecule has 1 fully saturated rings. The van der Waals surface area contributed by atoms with Crippen molar-refractivity contribution in [1.29, 1.82) is 0 Å². The summed E-state index contributed by atoms with van der Waals surface area (Å²) in [4.78, 5) is 6.81. The molecule has 0 atom stereocenters. The summed E-state index contributed by atoms with van der Waals surface area (Å²) < 4.78 is 0. The molecule has 0 radical (unpaired) electrons. The third-order valence-electron chi connectivity index (χ3n) is 3.30. The van der Waals surface area contributed by atoms with E-state index < -0.39 is 0 Å². The molecule has 0 bridgehead atoms. The first-order valence-electron chi connectivity index (χ1n) is 6.20. The van der Waals surface area contributed by atoms with Crippen LogP contribution < -0.4 is 4.90 Å². The van der Waals surface area contributed by atoms with Crippen LogP contribution in [0.2, 0.25) is 0 Å². The number of nitrogens with zero attached hydrogens (tertiary/aromatic N) is 2. The van der Waals surface area contributed by atoms with Crippen molar-refractivity contribution < 1.29 is 0 Å². The first-order chi connectivity index (χ1) is 8.43. The highest BCUT2D eigenvalue weighted by molar-refractivity contribution is 5.63. The molecule has 1 saturated heterocycles. The van der Waals surface area contributed by atoms with E-state index in [1.807, 2.05) is 24.4 Å². The van der Waals surface area contributed by atoms with E-state index >= 15 is 0 Å². The molecular formula is C15H16N2. The SMILES string of the molecule is c1ccc(-c2ccc(N3CCCC3)cc2)nc1. The van der Waals surface area contributed by atoms with Crippen LogP contribution in [0.25, 0.3) is 11.3 Å². The van der Waals surface area contributed by atoms with Crippen LogP contribution in [0.5, 0.6) is 0 Å². The van der Waals surface area contributed by atoms with Gasteiger partial charge in [-0.2, -0.15) is 0 Å². The second-order valence-corrected chi connectivity index (χ2v) is 4.46. The quantitative estimate of drug-likeness (QED) is 0.777. The van der Waals surface area contributed by atoms with Crippen LogP contribution in [-0.4, -0.2) is 18.1 Å². The molecule has 0 spiro atoms. The Morgan fingerprint density at radius 2 is 1.65 bits per heavy atom. The minimum atomic E-state index is 1.04. The molecule has 86 valence electrons. The van der Waals surface area contributed by atoms with E-state index in [0.29, 0.717) is 0 Å². The van der Waals surface area contributed by atoms with Crippen molar-refractivity contribution in [2.45, 2.75) is 12.8 Å². The van der Waals surface area contributed by atoms with Gasteiger partial charge in [0, 0.05) is 30.5 Å². The molecule has 0 saturated carbocycles. The van der Waals surface area contributed by atoms with Gasteiger partial charge in [-0.15, -0.1) is 0 Å². The Morgan fingerprint density at radius 3 is 2.29 bits per heavy atom. The zero-order valence-corrected chi connectivity index (χ0v) is 9.84. The molecule has 1 aromatic heterocycles. The number of aromatic nitrogens is 1. The fourth-order valence-electron chi connectivity index (χ4n) is 2.35. The molecule has 1 aromatic carbocycles. The standard InChI is InChI=1S/C15H16N2/c1-2-10-16-15(5-1)13-6-8-14(9-7-13)17-11-3-4-12-17/h1-2,5-10H,3-4,11-12H2.